The molecule has 0 saturated carbocycles. The van der Waals surface area contributed by atoms with Crippen LogP contribution in [0.3, 0.4) is 0 Å². The van der Waals surface area contributed by atoms with E-state index in [1.165, 1.54) is 12.1 Å². The van der Waals surface area contributed by atoms with Gasteiger partial charge in [0.25, 0.3) is 6.43 Å². The molecule has 4 rings (SSSR count). The van der Waals surface area contributed by atoms with Gasteiger partial charge in [-0.25, -0.2) is 23.1 Å². The first-order valence-corrected chi connectivity index (χ1v) is 12.3. The minimum atomic E-state index is -2.89. The first-order valence-electron chi connectivity index (χ1n) is 12.3. The summed E-state index contributed by atoms with van der Waals surface area (Å²) in [6, 6.07) is 5.45. The van der Waals surface area contributed by atoms with Crippen LogP contribution >= 0.6 is 0 Å². The van der Waals surface area contributed by atoms with Gasteiger partial charge in [-0.05, 0) is 58.8 Å². The molecule has 0 aliphatic carbocycles. The van der Waals surface area contributed by atoms with E-state index in [0.717, 1.165) is 50.7 Å². The minimum Gasteiger partial charge on any atom is -0.481 e. The van der Waals surface area contributed by atoms with Crippen LogP contribution < -0.4 is 15.4 Å². The van der Waals surface area contributed by atoms with Crippen LogP contribution in [0.4, 0.5) is 19.0 Å². The SMILES string of the molecule is CNCCN1CCC(c2cc3c(N[C@H](C)c4cccc(C(F)F)c4F)nc(C)nc3nc2OC)CC1. The number of alkyl halides is 2. The van der Waals surface area contributed by atoms with Gasteiger partial charge in [-0.1, -0.05) is 18.2 Å². The molecule has 0 unspecified atom stereocenters. The highest BCUT2D eigenvalue weighted by atomic mass is 19.3. The number of aryl methyl sites for hydroxylation is 1. The highest BCUT2D eigenvalue weighted by Crippen LogP contribution is 2.37. The van der Waals surface area contributed by atoms with Gasteiger partial charge < -0.3 is 20.3 Å². The van der Waals surface area contributed by atoms with E-state index in [0.29, 0.717) is 28.6 Å². The van der Waals surface area contributed by atoms with Gasteiger partial charge in [0.05, 0.1) is 24.1 Å². The molecule has 0 spiro atoms. The Labute approximate surface area is 209 Å². The Morgan fingerprint density at radius 2 is 1.86 bits per heavy atom. The normalized spacial score (nSPS) is 16.0. The lowest BCUT2D eigenvalue weighted by Gasteiger charge is -2.32. The summed E-state index contributed by atoms with van der Waals surface area (Å²) in [5.41, 5.74) is 0.992. The number of rotatable bonds is 9. The molecule has 1 aromatic carbocycles. The first-order chi connectivity index (χ1) is 17.3. The lowest BCUT2D eigenvalue weighted by atomic mass is 9.89. The van der Waals surface area contributed by atoms with Crippen molar-refractivity contribution in [3.8, 4) is 5.88 Å². The van der Waals surface area contributed by atoms with Gasteiger partial charge in [0, 0.05) is 24.2 Å². The summed E-state index contributed by atoms with van der Waals surface area (Å²) in [5, 5.41) is 7.09. The van der Waals surface area contributed by atoms with Gasteiger partial charge in [0.15, 0.2) is 5.65 Å². The molecule has 1 atom stereocenters. The summed E-state index contributed by atoms with van der Waals surface area (Å²) in [7, 11) is 3.56. The highest BCUT2D eigenvalue weighted by Gasteiger charge is 2.26. The summed E-state index contributed by atoms with van der Waals surface area (Å²) >= 11 is 0. The average molecular weight is 503 g/mol. The zero-order chi connectivity index (χ0) is 25.8. The number of nitrogens with zero attached hydrogens (tertiary/aromatic N) is 4. The van der Waals surface area contributed by atoms with Crippen molar-refractivity contribution in [3.63, 3.8) is 0 Å². The molecular weight excluding hydrogens is 469 g/mol. The van der Waals surface area contributed by atoms with Gasteiger partial charge >= 0.3 is 0 Å². The number of nitrogens with one attached hydrogen (secondary N) is 2. The fraction of sp³-hybridized carbons (Fsp3) is 0.500. The predicted molar refractivity (Wildman–Crippen MR) is 134 cm³/mol. The van der Waals surface area contributed by atoms with E-state index in [-0.39, 0.29) is 11.5 Å². The average Bonchev–Trinajstić information content (AvgIpc) is 2.86. The van der Waals surface area contributed by atoms with Gasteiger partial charge in [0.2, 0.25) is 5.88 Å². The molecule has 1 aliphatic heterocycles. The van der Waals surface area contributed by atoms with Gasteiger partial charge in [0.1, 0.15) is 17.5 Å². The first kappa shape index (κ1) is 26.1. The molecule has 1 saturated heterocycles. The molecule has 194 valence electrons. The highest BCUT2D eigenvalue weighted by molar-refractivity contribution is 5.88. The topological polar surface area (TPSA) is 75.2 Å². The van der Waals surface area contributed by atoms with E-state index in [1.807, 2.05) is 13.1 Å². The van der Waals surface area contributed by atoms with Gasteiger partial charge in [-0.2, -0.15) is 4.98 Å². The van der Waals surface area contributed by atoms with E-state index in [1.54, 1.807) is 21.0 Å². The second-order valence-corrected chi connectivity index (χ2v) is 9.21. The maximum absolute atomic E-state index is 14.8. The summed E-state index contributed by atoms with van der Waals surface area (Å²) in [6.07, 6.45) is -0.932. The second-order valence-electron chi connectivity index (χ2n) is 9.21. The molecule has 1 aliphatic rings. The standard InChI is InChI=1S/C26H33F3N6O/c1-15(18-6-5-7-19(22(18)27)23(28)29)31-24-21-14-20(17-8-11-35(12-9-17)13-10-30-3)26(36-4)34-25(21)33-16(2)32-24/h5-7,14-15,17,23,30H,8-13H2,1-4H3,(H,31,32,33,34)/t15-/m1/s1. The number of fused-ring (bicyclic) bond motifs is 1. The Kier molecular flexibility index (Phi) is 8.25. The predicted octanol–water partition coefficient (Wildman–Crippen LogP) is 4.99. The summed E-state index contributed by atoms with van der Waals surface area (Å²) < 4.78 is 46.9. The zero-order valence-electron chi connectivity index (χ0n) is 21.1. The second kappa shape index (κ2) is 11.4. The summed E-state index contributed by atoms with van der Waals surface area (Å²) in [5.74, 6) is 0.875. The smallest absolute Gasteiger partial charge is 0.266 e. The number of benzene rings is 1. The molecule has 0 radical (unpaired) electrons. The number of aromatic nitrogens is 3. The van der Waals surface area contributed by atoms with Crippen LogP contribution in [0.1, 0.15) is 60.7 Å². The van der Waals surface area contributed by atoms with E-state index in [9.17, 15) is 13.2 Å². The quantitative estimate of drug-likeness (QED) is 0.427. The number of anilines is 1. The number of methoxy groups -OCH3 is 1. The van der Waals surface area contributed by atoms with Crippen molar-refractivity contribution >= 4 is 16.9 Å². The Bertz CT molecular complexity index is 1200. The van der Waals surface area contributed by atoms with Crippen LogP contribution in [-0.2, 0) is 0 Å². The Morgan fingerprint density at radius 1 is 1.14 bits per heavy atom. The zero-order valence-corrected chi connectivity index (χ0v) is 21.1. The van der Waals surface area contributed by atoms with Crippen molar-refractivity contribution in [2.24, 2.45) is 0 Å². The molecule has 7 nitrogen and oxygen atoms in total. The molecular formula is C26H33F3N6O. The third-order valence-electron chi connectivity index (χ3n) is 6.80. The monoisotopic (exact) mass is 502 g/mol. The summed E-state index contributed by atoms with van der Waals surface area (Å²) in [6.45, 7) is 7.40. The van der Waals surface area contributed by atoms with Crippen molar-refractivity contribution in [2.45, 2.75) is 45.1 Å². The number of hydrogen-bond donors (Lipinski definition) is 2. The molecule has 2 aromatic heterocycles. The lowest BCUT2D eigenvalue weighted by Crippen LogP contribution is -2.37. The number of ether oxygens (including phenoxy) is 1. The van der Waals surface area contributed by atoms with Gasteiger partial charge in [-0.15, -0.1) is 0 Å². The fourth-order valence-corrected chi connectivity index (χ4v) is 4.82. The van der Waals surface area contributed by atoms with Crippen molar-refractivity contribution < 1.29 is 17.9 Å². The Hall–Kier alpha value is -2.98. The van der Waals surface area contributed by atoms with Crippen molar-refractivity contribution in [3.05, 3.63) is 52.6 Å². The number of piperidine rings is 1. The number of likely N-dealkylation sites (tertiary alicyclic amines) is 1. The maximum Gasteiger partial charge on any atom is 0.266 e. The molecule has 10 heteroatoms. The molecule has 2 N–H and O–H groups in total. The summed E-state index contributed by atoms with van der Waals surface area (Å²) in [4.78, 5) is 16.2. The molecule has 0 bridgehead atoms. The van der Waals surface area contributed by atoms with Crippen molar-refractivity contribution in [2.75, 3.05) is 45.7 Å². The van der Waals surface area contributed by atoms with Crippen LogP contribution in [0.15, 0.2) is 24.3 Å². The van der Waals surface area contributed by atoms with E-state index >= 15 is 0 Å². The largest absolute Gasteiger partial charge is 0.481 e. The van der Waals surface area contributed by atoms with E-state index in [4.69, 9.17) is 4.74 Å². The number of halogens is 3. The van der Waals surface area contributed by atoms with Crippen LogP contribution in [-0.4, -0.2) is 60.2 Å². The Morgan fingerprint density at radius 3 is 2.53 bits per heavy atom. The fourth-order valence-electron chi connectivity index (χ4n) is 4.82. The van der Waals surface area contributed by atoms with Crippen LogP contribution in [0.25, 0.3) is 11.0 Å². The number of hydrogen-bond acceptors (Lipinski definition) is 7. The third kappa shape index (κ3) is 5.54. The third-order valence-corrected chi connectivity index (χ3v) is 6.80. The number of pyridine rings is 1. The van der Waals surface area contributed by atoms with Crippen LogP contribution in [0.5, 0.6) is 5.88 Å². The van der Waals surface area contributed by atoms with Crippen molar-refractivity contribution in [1.29, 1.82) is 0 Å². The van der Waals surface area contributed by atoms with E-state index in [2.05, 4.69) is 30.5 Å². The minimum absolute atomic E-state index is 0.146. The maximum atomic E-state index is 14.8. The molecule has 3 aromatic rings. The molecule has 36 heavy (non-hydrogen) atoms. The van der Waals surface area contributed by atoms with Crippen molar-refractivity contribution in [1.82, 2.24) is 25.2 Å². The lowest BCUT2D eigenvalue weighted by molar-refractivity contribution is 0.146. The van der Waals surface area contributed by atoms with Crippen LogP contribution in [0, 0.1) is 12.7 Å². The van der Waals surface area contributed by atoms with Crippen LogP contribution in [0.2, 0.25) is 0 Å². The number of likely N-dealkylation sites (N-methyl/N-ethyl adjacent to an activating group) is 1. The Balaban J connectivity index is 1.66. The molecule has 0 amide bonds. The van der Waals surface area contributed by atoms with E-state index < -0.39 is 23.8 Å². The molecule has 1 fully saturated rings. The molecule has 3 heterocycles. The van der Waals surface area contributed by atoms with Gasteiger partial charge in [-0.3, -0.25) is 0 Å².